The van der Waals surface area contributed by atoms with Gasteiger partial charge in [0.15, 0.2) is 0 Å². The van der Waals surface area contributed by atoms with Crippen LogP contribution in [0.4, 0.5) is 0 Å². The van der Waals surface area contributed by atoms with E-state index in [0.29, 0.717) is 25.9 Å². The summed E-state index contributed by atoms with van der Waals surface area (Å²) < 4.78 is 5.07. The molecule has 0 radical (unpaired) electrons. The highest BCUT2D eigenvalue weighted by Gasteiger charge is 2.05. The first-order valence-corrected chi connectivity index (χ1v) is 8.24. The molecular formula is C17H20N2O3S. The zero-order valence-electron chi connectivity index (χ0n) is 13.0. The molecule has 0 unspecified atom stereocenters. The Morgan fingerprint density at radius 1 is 1.00 bits per heavy atom. The van der Waals surface area contributed by atoms with Gasteiger partial charge >= 0.3 is 0 Å². The van der Waals surface area contributed by atoms with Crippen LogP contribution < -0.4 is 15.4 Å². The molecule has 0 saturated heterocycles. The third-order valence-electron chi connectivity index (χ3n) is 3.21. The summed E-state index contributed by atoms with van der Waals surface area (Å²) in [6.07, 6.45) is 0.699. The molecule has 2 amide bonds. The minimum absolute atomic E-state index is 0.0307. The smallest absolute Gasteiger partial charge is 0.225 e. The minimum Gasteiger partial charge on any atom is -0.497 e. The predicted octanol–water partition coefficient (Wildman–Crippen LogP) is 1.77. The molecule has 0 aliphatic rings. The Kier molecular flexibility index (Phi) is 6.62. The first-order chi connectivity index (χ1) is 11.2. The number of hydrogen-bond donors (Lipinski definition) is 2. The highest BCUT2D eigenvalue weighted by Crippen LogP contribution is 2.11. The number of amides is 2. The van der Waals surface area contributed by atoms with Crippen molar-refractivity contribution in [1.29, 1.82) is 0 Å². The van der Waals surface area contributed by atoms with Crippen molar-refractivity contribution in [2.45, 2.75) is 12.8 Å². The second kappa shape index (κ2) is 8.95. The lowest BCUT2D eigenvalue weighted by atomic mass is 10.1. The average Bonchev–Trinajstić information content (AvgIpc) is 3.05. The molecule has 0 aliphatic heterocycles. The highest BCUT2D eigenvalue weighted by molar-refractivity contribution is 7.10. The van der Waals surface area contributed by atoms with Crippen LogP contribution in [0.25, 0.3) is 0 Å². The third-order valence-corrected chi connectivity index (χ3v) is 4.08. The van der Waals surface area contributed by atoms with Crippen LogP contribution in [-0.2, 0) is 22.4 Å². The number of carbonyl (C=O) groups is 2. The summed E-state index contributed by atoms with van der Waals surface area (Å²) in [4.78, 5) is 24.5. The Bertz CT molecular complexity index is 624. The van der Waals surface area contributed by atoms with Crippen LogP contribution in [-0.4, -0.2) is 32.0 Å². The van der Waals surface area contributed by atoms with Crippen LogP contribution in [0.2, 0.25) is 0 Å². The maximum absolute atomic E-state index is 11.8. The van der Waals surface area contributed by atoms with E-state index >= 15 is 0 Å². The number of rotatable bonds is 8. The molecule has 2 aromatic rings. The molecule has 0 bridgehead atoms. The average molecular weight is 332 g/mol. The summed E-state index contributed by atoms with van der Waals surface area (Å²) >= 11 is 1.56. The monoisotopic (exact) mass is 332 g/mol. The van der Waals surface area contributed by atoms with Crippen molar-refractivity contribution < 1.29 is 14.3 Å². The lowest BCUT2D eigenvalue weighted by Crippen LogP contribution is -2.35. The van der Waals surface area contributed by atoms with Gasteiger partial charge in [-0.1, -0.05) is 18.2 Å². The SMILES string of the molecule is COc1ccc(CC(=O)NCCNC(=O)Cc2cccs2)cc1. The van der Waals surface area contributed by atoms with E-state index in [0.717, 1.165) is 16.2 Å². The predicted molar refractivity (Wildman–Crippen MR) is 90.7 cm³/mol. The van der Waals surface area contributed by atoms with Crippen LogP contribution >= 0.6 is 11.3 Å². The van der Waals surface area contributed by atoms with E-state index in [9.17, 15) is 9.59 Å². The van der Waals surface area contributed by atoms with Gasteiger partial charge in [-0.15, -0.1) is 11.3 Å². The molecule has 0 aliphatic carbocycles. The lowest BCUT2D eigenvalue weighted by Gasteiger charge is -2.07. The van der Waals surface area contributed by atoms with E-state index in [4.69, 9.17) is 4.74 Å². The number of benzene rings is 1. The Morgan fingerprint density at radius 2 is 1.65 bits per heavy atom. The van der Waals surface area contributed by atoms with E-state index in [-0.39, 0.29) is 11.8 Å². The highest BCUT2D eigenvalue weighted by atomic mass is 32.1. The van der Waals surface area contributed by atoms with Crippen molar-refractivity contribution in [3.8, 4) is 5.75 Å². The van der Waals surface area contributed by atoms with Gasteiger partial charge in [-0.25, -0.2) is 0 Å². The quantitative estimate of drug-likeness (QED) is 0.724. The number of hydrogen-bond acceptors (Lipinski definition) is 4. The fraction of sp³-hybridized carbons (Fsp3) is 0.294. The largest absolute Gasteiger partial charge is 0.497 e. The van der Waals surface area contributed by atoms with Crippen molar-refractivity contribution in [3.63, 3.8) is 0 Å². The van der Waals surface area contributed by atoms with E-state index in [2.05, 4.69) is 10.6 Å². The van der Waals surface area contributed by atoms with Gasteiger partial charge in [-0.05, 0) is 29.1 Å². The Balaban J connectivity index is 1.61. The fourth-order valence-corrected chi connectivity index (χ4v) is 2.73. The van der Waals surface area contributed by atoms with Gasteiger partial charge in [0.25, 0.3) is 0 Å². The number of carbonyl (C=O) groups excluding carboxylic acids is 2. The number of ether oxygens (including phenoxy) is 1. The molecule has 5 nitrogen and oxygen atoms in total. The molecule has 122 valence electrons. The summed E-state index contributed by atoms with van der Waals surface area (Å²) in [5.74, 6) is 0.669. The van der Waals surface area contributed by atoms with E-state index in [1.807, 2.05) is 41.8 Å². The minimum atomic E-state index is -0.0670. The van der Waals surface area contributed by atoms with Gasteiger partial charge < -0.3 is 15.4 Å². The summed E-state index contributed by atoms with van der Waals surface area (Å²) in [6.45, 7) is 0.851. The van der Waals surface area contributed by atoms with Gasteiger partial charge in [0, 0.05) is 18.0 Å². The summed E-state index contributed by atoms with van der Waals surface area (Å²) in [5, 5.41) is 7.53. The Morgan fingerprint density at radius 3 is 2.22 bits per heavy atom. The number of methoxy groups -OCH3 is 1. The van der Waals surface area contributed by atoms with Crippen LogP contribution in [0.5, 0.6) is 5.75 Å². The molecule has 6 heteroatoms. The second-order valence-corrected chi connectivity index (χ2v) is 6.01. The van der Waals surface area contributed by atoms with E-state index in [1.54, 1.807) is 18.4 Å². The van der Waals surface area contributed by atoms with Crippen LogP contribution in [0.1, 0.15) is 10.4 Å². The molecule has 0 atom stereocenters. The zero-order valence-corrected chi connectivity index (χ0v) is 13.8. The van der Waals surface area contributed by atoms with E-state index < -0.39 is 0 Å². The molecule has 23 heavy (non-hydrogen) atoms. The molecule has 1 aromatic carbocycles. The van der Waals surface area contributed by atoms with Crippen molar-refractivity contribution in [2.75, 3.05) is 20.2 Å². The van der Waals surface area contributed by atoms with Gasteiger partial charge in [0.05, 0.1) is 20.0 Å². The maximum atomic E-state index is 11.8. The first-order valence-electron chi connectivity index (χ1n) is 7.36. The molecule has 0 saturated carbocycles. The second-order valence-electron chi connectivity index (χ2n) is 4.98. The molecule has 1 aromatic heterocycles. The van der Waals surface area contributed by atoms with Crippen molar-refractivity contribution in [2.24, 2.45) is 0 Å². The standard InChI is InChI=1S/C17H20N2O3S/c1-22-14-6-4-13(5-7-14)11-16(20)18-8-9-19-17(21)12-15-3-2-10-23-15/h2-7,10H,8-9,11-12H2,1H3,(H,18,20)(H,19,21). The van der Waals surface area contributed by atoms with Crippen LogP contribution in [0.3, 0.4) is 0 Å². The van der Waals surface area contributed by atoms with E-state index in [1.165, 1.54) is 0 Å². The third kappa shape index (κ3) is 6.12. The van der Waals surface area contributed by atoms with Crippen LogP contribution in [0.15, 0.2) is 41.8 Å². The summed E-state index contributed by atoms with van der Waals surface area (Å²) in [7, 11) is 1.61. The molecule has 0 fully saturated rings. The molecular weight excluding hydrogens is 312 g/mol. The summed E-state index contributed by atoms with van der Waals surface area (Å²) in [6, 6.07) is 11.2. The lowest BCUT2D eigenvalue weighted by molar-refractivity contribution is -0.122. The van der Waals surface area contributed by atoms with Gasteiger partial charge in [0.1, 0.15) is 5.75 Å². The topological polar surface area (TPSA) is 67.4 Å². The van der Waals surface area contributed by atoms with Gasteiger partial charge in [-0.2, -0.15) is 0 Å². The molecule has 2 rings (SSSR count). The fourth-order valence-electron chi connectivity index (χ4n) is 2.03. The van der Waals surface area contributed by atoms with Gasteiger partial charge in [0.2, 0.25) is 11.8 Å². The van der Waals surface area contributed by atoms with Gasteiger partial charge in [-0.3, -0.25) is 9.59 Å². The Hall–Kier alpha value is -2.34. The van der Waals surface area contributed by atoms with Crippen molar-refractivity contribution >= 4 is 23.2 Å². The zero-order chi connectivity index (χ0) is 16.5. The normalized spacial score (nSPS) is 10.1. The van der Waals surface area contributed by atoms with Crippen molar-refractivity contribution in [1.82, 2.24) is 10.6 Å². The Labute approximate surface area is 139 Å². The molecule has 2 N–H and O–H groups in total. The molecule has 1 heterocycles. The summed E-state index contributed by atoms with van der Waals surface area (Å²) in [5.41, 5.74) is 0.921. The number of nitrogens with one attached hydrogen (secondary N) is 2. The number of thiophene rings is 1. The van der Waals surface area contributed by atoms with Crippen LogP contribution in [0, 0.1) is 0 Å². The first kappa shape index (κ1) is 17.0. The molecule has 0 spiro atoms. The maximum Gasteiger partial charge on any atom is 0.225 e. The van der Waals surface area contributed by atoms with Crippen molar-refractivity contribution in [3.05, 3.63) is 52.2 Å².